The first-order chi connectivity index (χ1) is 38.2. The van der Waals surface area contributed by atoms with E-state index in [0.717, 1.165) is 22.7 Å². The highest BCUT2D eigenvalue weighted by molar-refractivity contribution is 7.79. The quantitative estimate of drug-likeness (QED) is 0.149. The molecule has 0 spiro atoms. The topological polar surface area (TPSA) is 8.17 Å². The molecule has 1 heterocycles. The molecule has 0 fully saturated rings. The summed E-state index contributed by atoms with van der Waals surface area (Å²) in [5, 5.41) is 7.26. The Bertz CT molecular complexity index is 4110. The minimum absolute atomic E-state index is 0.488. The van der Waals surface area contributed by atoms with Crippen LogP contribution in [0.15, 0.2) is 279 Å². The minimum atomic E-state index is -0.488. The molecule has 1 aliphatic carbocycles. The summed E-state index contributed by atoms with van der Waals surface area (Å²) in [7, 11) is 0. The molecule has 2 nitrogen and oxygen atoms in total. The van der Waals surface area contributed by atoms with E-state index in [-0.39, 0.29) is 0 Å². The van der Waals surface area contributed by atoms with E-state index < -0.39 is 5.41 Å². The highest BCUT2D eigenvalue weighted by Gasteiger charge is 2.46. The predicted octanol–water partition coefficient (Wildman–Crippen LogP) is 20.9. The molecule has 374 valence electrons. The predicted molar refractivity (Wildman–Crippen MR) is 336 cm³/mol. The number of fused-ring (bicyclic) bond motifs is 8. The van der Waals surface area contributed by atoms with Crippen LogP contribution in [0.4, 0.5) is 17.1 Å². The first-order valence-electron chi connectivity index (χ1n) is 27.0. The molecule has 77 heavy (non-hydrogen) atoms. The van der Waals surface area contributed by atoms with Crippen molar-refractivity contribution in [3.05, 3.63) is 301 Å². The Balaban J connectivity index is 0.00000102. The minimum Gasteiger partial charge on any atom is -0.309 e. The fraction of sp³-hybridized carbons (Fsp3) is 0.0811. The van der Waals surface area contributed by atoms with Crippen molar-refractivity contribution in [2.45, 2.75) is 33.1 Å². The van der Waals surface area contributed by atoms with E-state index in [2.05, 4.69) is 301 Å². The van der Waals surface area contributed by atoms with Gasteiger partial charge in [0.15, 0.2) is 0 Å². The van der Waals surface area contributed by atoms with Crippen molar-refractivity contribution >= 4 is 73.0 Å². The normalized spacial score (nSPS) is 11.9. The monoisotopic (exact) mass is 1010 g/mol. The van der Waals surface area contributed by atoms with Crippen LogP contribution in [-0.2, 0) is 5.41 Å². The van der Waals surface area contributed by atoms with Crippen molar-refractivity contribution in [1.29, 1.82) is 0 Å². The summed E-state index contributed by atoms with van der Waals surface area (Å²) in [6.45, 7) is 8.00. The van der Waals surface area contributed by atoms with Crippen molar-refractivity contribution in [1.82, 2.24) is 4.57 Å². The van der Waals surface area contributed by atoms with Gasteiger partial charge in [-0.05, 0) is 127 Å². The van der Waals surface area contributed by atoms with Crippen molar-refractivity contribution in [3.63, 3.8) is 0 Å². The van der Waals surface area contributed by atoms with E-state index in [0.29, 0.717) is 0 Å². The smallest absolute Gasteiger partial charge is 0.0714 e. The van der Waals surface area contributed by atoms with Gasteiger partial charge in [-0.2, -0.15) is 12.6 Å². The third-order valence-electron chi connectivity index (χ3n) is 15.1. The Morgan fingerprint density at radius 1 is 0.325 bits per heavy atom. The lowest BCUT2D eigenvalue weighted by atomic mass is 9.67. The Labute approximate surface area is 459 Å². The van der Waals surface area contributed by atoms with Crippen molar-refractivity contribution in [2.75, 3.05) is 11.2 Å². The molecular weight excluding hydrogens is 949 g/mol. The van der Waals surface area contributed by atoms with Gasteiger partial charge in [-0.3, -0.25) is 0 Å². The summed E-state index contributed by atoms with van der Waals surface area (Å²) in [6, 6.07) is 103. The SMILES string of the molecule is CC.CC.CS.c1ccc(-c2ccc(N(c3cccc4ccccc34)c3ccc(-c4ccc5c(c4)c4ccccc4n5-c4ccc5c(c4)C(c4ccccc4)(c4ccccc4)c4ccccc4-5)c4ccccc34)cc2)cc1. The Hall–Kier alpha value is -8.89. The zero-order valence-corrected chi connectivity index (χ0v) is 45.3. The number of hydrogen-bond acceptors (Lipinski definition) is 2. The van der Waals surface area contributed by atoms with Crippen LogP contribution in [0.2, 0.25) is 0 Å². The van der Waals surface area contributed by atoms with E-state index in [9.17, 15) is 0 Å². The van der Waals surface area contributed by atoms with E-state index in [4.69, 9.17) is 0 Å². The maximum atomic E-state index is 3.53. The number of para-hydroxylation sites is 1. The van der Waals surface area contributed by atoms with Crippen LogP contribution < -0.4 is 4.90 Å². The number of nitrogens with zero attached hydrogens (tertiary/aromatic N) is 2. The van der Waals surface area contributed by atoms with Crippen LogP contribution in [0.1, 0.15) is 49.9 Å². The van der Waals surface area contributed by atoms with E-state index in [1.54, 1.807) is 6.26 Å². The van der Waals surface area contributed by atoms with Gasteiger partial charge in [0.05, 0.1) is 27.8 Å². The molecule has 0 radical (unpaired) electrons. The zero-order chi connectivity index (χ0) is 52.9. The summed E-state index contributed by atoms with van der Waals surface area (Å²) in [5.74, 6) is 0. The van der Waals surface area contributed by atoms with Gasteiger partial charge >= 0.3 is 0 Å². The Morgan fingerprint density at radius 3 is 1.55 bits per heavy atom. The van der Waals surface area contributed by atoms with Crippen LogP contribution in [0.5, 0.6) is 0 Å². The van der Waals surface area contributed by atoms with Gasteiger partial charge < -0.3 is 9.47 Å². The largest absolute Gasteiger partial charge is 0.309 e. The van der Waals surface area contributed by atoms with Crippen LogP contribution in [0, 0.1) is 0 Å². The molecule has 1 aliphatic rings. The van der Waals surface area contributed by atoms with Gasteiger partial charge in [0.25, 0.3) is 0 Å². The second-order valence-electron chi connectivity index (χ2n) is 18.8. The van der Waals surface area contributed by atoms with Gasteiger partial charge in [0, 0.05) is 32.9 Å². The van der Waals surface area contributed by atoms with Crippen LogP contribution in [0.3, 0.4) is 0 Å². The summed E-state index contributed by atoms with van der Waals surface area (Å²) in [6.07, 6.45) is 1.69. The fourth-order valence-corrected chi connectivity index (χ4v) is 12.0. The van der Waals surface area contributed by atoms with E-state index >= 15 is 0 Å². The van der Waals surface area contributed by atoms with Gasteiger partial charge in [0.1, 0.15) is 0 Å². The lowest BCUT2D eigenvalue weighted by Gasteiger charge is -2.34. The van der Waals surface area contributed by atoms with Crippen molar-refractivity contribution < 1.29 is 0 Å². The van der Waals surface area contributed by atoms with Crippen molar-refractivity contribution in [3.8, 4) is 39.1 Å². The van der Waals surface area contributed by atoms with Gasteiger partial charge in [-0.1, -0.05) is 252 Å². The third-order valence-corrected chi connectivity index (χ3v) is 15.1. The molecule has 14 rings (SSSR count). The summed E-state index contributed by atoms with van der Waals surface area (Å²) < 4.78 is 2.48. The maximum Gasteiger partial charge on any atom is 0.0714 e. The summed E-state index contributed by atoms with van der Waals surface area (Å²) >= 11 is 3.53. The number of aromatic nitrogens is 1. The fourth-order valence-electron chi connectivity index (χ4n) is 12.0. The van der Waals surface area contributed by atoms with Gasteiger partial charge in [-0.25, -0.2) is 0 Å². The van der Waals surface area contributed by atoms with E-state index in [1.807, 2.05) is 27.7 Å². The van der Waals surface area contributed by atoms with Gasteiger partial charge in [0.2, 0.25) is 0 Å². The number of hydrogen-bond donors (Lipinski definition) is 1. The Morgan fingerprint density at radius 2 is 0.831 bits per heavy atom. The summed E-state index contributed by atoms with van der Waals surface area (Å²) in [4.78, 5) is 2.44. The molecule has 0 bridgehead atoms. The molecular formula is C74H62N2S. The number of thiol groups is 1. The first kappa shape index (κ1) is 50.3. The average Bonchev–Trinajstić information content (AvgIpc) is 4.19. The molecule has 0 atom stereocenters. The Kier molecular flexibility index (Phi) is 14.5. The number of anilines is 3. The van der Waals surface area contributed by atoms with Crippen molar-refractivity contribution in [2.24, 2.45) is 0 Å². The lowest BCUT2D eigenvalue weighted by Crippen LogP contribution is -2.28. The molecule has 0 unspecified atom stereocenters. The molecule has 0 aliphatic heterocycles. The molecule has 3 heteroatoms. The zero-order valence-electron chi connectivity index (χ0n) is 44.4. The summed E-state index contributed by atoms with van der Waals surface area (Å²) in [5.41, 5.74) is 18.9. The molecule has 0 amide bonds. The molecule has 0 saturated carbocycles. The van der Waals surface area contributed by atoms with E-state index in [1.165, 1.54) is 99.0 Å². The lowest BCUT2D eigenvalue weighted by molar-refractivity contribution is 0.767. The number of benzene rings is 12. The van der Waals surface area contributed by atoms with Gasteiger partial charge in [-0.15, -0.1) is 0 Å². The average molecular weight is 1010 g/mol. The standard InChI is InChI=1S/C69H46N2.2C2H6.CH4S/c1-4-19-47(20-5-1)48-35-38-53(39-36-48)70(65-34-18-22-49-21-10-11-27-56(49)65)67-44-42-55(57-28-12-13-30-60(57)67)50-37-43-68-62(45-50)61-31-15-17-33-66(61)71(68)54-40-41-59-58-29-14-16-32-63(58)69(64(59)46-54,51-23-6-2-7-24-51)52-25-8-3-9-26-52;3*1-2/h1-46H;2*1-2H3;2H,1H3. The second kappa shape index (κ2) is 22.1. The second-order valence-corrected chi connectivity index (χ2v) is 18.8. The number of rotatable bonds is 8. The third kappa shape index (κ3) is 8.58. The molecule has 0 N–H and O–H groups in total. The molecule has 13 aromatic rings. The molecule has 12 aromatic carbocycles. The van der Waals surface area contributed by atoms with Crippen LogP contribution in [0.25, 0.3) is 82.4 Å². The maximum absolute atomic E-state index is 3.53. The van der Waals surface area contributed by atoms with Crippen LogP contribution >= 0.6 is 12.6 Å². The highest BCUT2D eigenvalue weighted by Crippen LogP contribution is 2.57. The van der Waals surface area contributed by atoms with Crippen LogP contribution in [-0.4, -0.2) is 10.8 Å². The highest BCUT2D eigenvalue weighted by atomic mass is 32.1. The molecule has 1 aromatic heterocycles. The molecule has 0 saturated heterocycles. The first-order valence-corrected chi connectivity index (χ1v) is 27.9.